The highest BCUT2D eigenvalue weighted by Gasteiger charge is 2.23. The molecule has 7 nitrogen and oxygen atoms in total. The van der Waals surface area contributed by atoms with Crippen molar-refractivity contribution in [2.75, 3.05) is 0 Å². The number of carbonyl (C=O) groups is 1. The minimum absolute atomic E-state index is 0.0245. The first kappa shape index (κ1) is 16.3. The number of nitrogens with one attached hydrogen (secondary N) is 1. The summed E-state index contributed by atoms with van der Waals surface area (Å²) in [7, 11) is 0. The van der Waals surface area contributed by atoms with Gasteiger partial charge in [0.1, 0.15) is 5.69 Å². The first-order chi connectivity index (χ1) is 12.3. The van der Waals surface area contributed by atoms with E-state index in [1.807, 2.05) is 10.7 Å². The molecule has 0 aliphatic heterocycles. The summed E-state index contributed by atoms with van der Waals surface area (Å²) in [6.07, 6.45) is 12.5. The summed E-state index contributed by atoms with van der Waals surface area (Å²) in [5.74, 6) is 0.857. The zero-order chi connectivity index (χ0) is 17.1. The molecule has 1 N–H and O–H groups in total. The Balaban J connectivity index is 1.40. The van der Waals surface area contributed by atoms with Crippen LogP contribution in [0.4, 0.5) is 0 Å². The van der Waals surface area contributed by atoms with Crippen molar-refractivity contribution >= 4 is 5.91 Å². The smallest absolute Gasteiger partial charge is 0.276 e. The molecular weight excluding hydrogens is 318 g/mol. The summed E-state index contributed by atoms with van der Waals surface area (Å²) in [5, 5.41) is 11.5. The molecule has 7 heteroatoms. The zero-order valence-corrected chi connectivity index (χ0v) is 14.5. The molecule has 2 fully saturated rings. The van der Waals surface area contributed by atoms with E-state index in [9.17, 15) is 4.79 Å². The molecular formula is C18H25N5O2. The third-order valence-corrected chi connectivity index (χ3v) is 5.32. The van der Waals surface area contributed by atoms with Gasteiger partial charge in [-0.15, -0.1) is 0 Å². The average Bonchev–Trinajstić information content (AvgIpc) is 3.36. The highest BCUT2D eigenvalue weighted by molar-refractivity contribution is 5.78. The average molecular weight is 343 g/mol. The quantitative estimate of drug-likeness (QED) is 0.902. The molecule has 2 aromatic heterocycles. The Morgan fingerprint density at radius 1 is 1.16 bits per heavy atom. The molecule has 1 amide bonds. The molecule has 25 heavy (non-hydrogen) atoms. The van der Waals surface area contributed by atoms with Gasteiger partial charge in [-0.2, -0.15) is 10.1 Å². The number of rotatable bonds is 5. The van der Waals surface area contributed by atoms with Gasteiger partial charge in [0.2, 0.25) is 5.91 Å². The van der Waals surface area contributed by atoms with Crippen LogP contribution in [0.25, 0.3) is 11.6 Å². The summed E-state index contributed by atoms with van der Waals surface area (Å²) in [5.41, 5.74) is 0.846. The number of nitrogens with zero attached hydrogens (tertiary/aromatic N) is 4. The highest BCUT2D eigenvalue weighted by Crippen LogP contribution is 2.32. The number of hydrogen-bond donors (Lipinski definition) is 1. The molecule has 0 saturated heterocycles. The number of amides is 1. The Morgan fingerprint density at radius 3 is 2.72 bits per heavy atom. The van der Waals surface area contributed by atoms with Crippen molar-refractivity contribution in [1.82, 2.24) is 25.2 Å². The summed E-state index contributed by atoms with van der Waals surface area (Å²) < 4.78 is 7.39. The Kier molecular flexibility index (Phi) is 4.81. The molecule has 0 radical (unpaired) electrons. The van der Waals surface area contributed by atoms with Gasteiger partial charge in [-0.1, -0.05) is 37.3 Å². The van der Waals surface area contributed by atoms with E-state index >= 15 is 0 Å². The van der Waals surface area contributed by atoms with Gasteiger partial charge in [0.05, 0.1) is 12.5 Å². The summed E-state index contributed by atoms with van der Waals surface area (Å²) in [4.78, 5) is 16.6. The topological polar surface area (TPSA) is 85.8 Å². The van der Waals surface area contributed by atoms with Gasteiger partial charge in [-0.3, -0.25) is 9.48 Å². The largest absolute Gasteiger partial charge is 0.353 e. The van der Waals surface area contributed by atoms with Crippen molar-refractivity contribution in [3.05, 3.63) is 18.1 Å². The molecule has 0 bridgehead atoms. The zero-order valence-electron chi connectivity index (χ0n) is 14.5. The summed E-state index contributed by atoms with van der Waals surface area (Å²) in [6, 6.07) is 2.61. The Hall–Kier alpha value is -2.18. The summed E-state index contributed by atoms with van der Waals surface area (Å²) in [6.45, 7) is 0. The molecule has 0 aromatic carbocycles. The molecule has 2 aromatic rings. The van der Waals surface area contributed by atoms with E-state index in [0.29, 0.717) is 23.8 Å². The minimum atomic E-state index is -0.0245. The lowest BCUT2D eigenvalue weighted by molar-refractivity contribution is -0.121. The fourth-order valence-corrected chi connectivity index (χ4v) is 4.02. The molecule has 2 saturated carbocycles. The van der Waals surface area contributed by atoms with Crippen LogP contribution in [-0.2, 0) is 11.2 Å². The number of carbonyl (C=O) groups excluding carboxylic acids is 1. The van der Waals surface area contributed by atoms with E-state index in [1.54, 1.807) is 6.20 Å². The maximum absolute atomic E-state index is 12.2. The van der Waals surface area contributed by atoms with E-state index in [2.05, 4.69) is 20.6 Å². The summed E-state index contributed by atoms with van der Waals surface area (Å²) >= 11 is 0. The van der Waals surface area contributed by atoms with Gasteiger partial charge in [0, 0.05) is 12.2 Å². The van der Waals surface area contributed by atoms with E-state index in [4.69, 9.17) is 4.52 Å². The number of hydrogen-bond acceptors (Lipinski definition) is 5. The van der Waals surface area contributed by atoms with Gasteiger partial charge in [-0.05, 0) is 31.7 Å². The monoisotopic (exact) mass is 343 g/mol. The molecule has 0 spiro atoms. The predicted octanol–water partition coefficient (Wildman–Crippen LogP) is 3.04. The fourth-order valence-electron chi connectivity index (χ4n) is 4.02. The maximum atomic E-state index is 12.2. The molecule has 4 rings (SSSR count). The van der Waals surface area contributed by atoms with Crippen molar-refractivity contribution in [3.63, 3.8) is 0 Å². The van der Waals surface area contributed by atoms with Gasteiger partial charge in [0.15, 0.2) is 5.82 Å². The normalized spacial score (nSPS) is 19.4. The van der Waals surface area contributed by atoms with Crippen LogP contribution in [0, 0.1) is 0 Å². The lowest BCUT2D eigenvalue weighted by Gasteiger charge is -2.22. The molecule has 0 atom stereocenters. The predicted molar refractivity (Wildman–Crippen MR) is 91.7 cm³/mol. The molecule has 2 heterocycles. The van der Waals surface area contributed by atoms with Crippen molar-refractivity contribution in [2.24, 2.45) is 0 Å². The van der Waals surface area contributed by atoms with Crippen LogP contribution in [-0.4, -0.2) is 31.9 Å². The van der Waals surface area contributed by atoms with E-state index in [1.165, 1.54) is 32.1 Å². The number of aromatic nitrogens is 4. The van der Waals surface area contributed by atoms with E-state index in [0.717, 1.165) is 31.4 Å². The lowest BCUT2D eigenvalue weighted by atomic mass is 9.95. The SMILES string of the molecule is O=C(Cc1noc(-c2ccnn2C2CCCC2)n1)NC1CCCCC1. The molecule has 2 aliphatic carbocycles. The van der Waals surface area contributed by atoms with Crippen LogP contribution in [0.2, 0.25) is 0 Å². The fraction of sp³-hybridized carbons (Fsp3) is 0.667. The standard InChI is InChI=1S/C18H25N5O2/c24-17(20-13-6-2-1-3-7-13)12-16-21-18(25-22-16)15-10-11-19-23(15)14-8-4-5-9-14/h10-11,13-14H,1-9,12H2,(H,20,24). The van der Waals surface area contributed by atoms with Gasteiger partial charge in [-0.25, -0.2) is 0 Å². The van der Waals surface area contributed by atoms with Crippen molar-refractivity contribution in [3.8, 4) is 11.6 Å². The second kappa shape index (κ2) is 7.37. The first-order valence-electron chi connectivity index (χ1n) is 9.45. The second-order valence-corrected chi connectivity index (χ2v) is 7.19. The van der Waals surface area contributed by atoms with Crippen molar-refractivity contribution < 1.29 is 9.32 Å². The second-order valence-electron chi connectivity index (χ2n) is 7.19. The Labute approximate surface area is 147 Å². The minimum Gasteiger partial charge on any atom is -0.353 e. The van der Waals surface area contributed by atoms with Crippen LogP contribution < -0.4 is 5.32 Å². The maximum Gasteiger partial charge on any atom is 0.276 e. The lowest BCUT2D eigenvalue weighted by Crippen LogP contribution is -2.37. The molecule has 134 valence electrons. The van der Waals surface area contributed by atoms with Crippen LogP contribution in [0.1, 0.15) is 69.7 Å². The van der Waals surface area contributed by atoms with Crippen LogP contribution in [0.15, 0.2) is 16.8 Å². The van der Waals surface area contributed by atoms with Gasteiger partial charge < -0.3 is 9.84 Å². The van der Waals surface area contributed by atoms with Crippen molar-refractivity contribution in [1.29, 1.82) is 0 Å². The Morgan fingerprint density at radius 2 is 1.92 bits per heavy atom. The van der Waals surface area contributed by atoms with Crippen molar-refractivity contribution in [2.45, 2.75) is 76.3 Å². The van der Waals surface area contributed by atoms with E-state index in [-0.39, 0.29) is 12.3 Å². The Bertz CT molecular complexity index is 711. The molecule has 2 aliphatic rings. The van der Waals surface area contributed by atoms with Crippen LogP contribution in [0.3, 0.4) is 0 Å². The van der Waals surface area contributed by atoms with E-state index < -0.39 is 0 Å². The third kappa shape index (κ3) is 3.75. The van der Waals surface area contributed by atoms with Crippen LogP contribution >= 0.6 is 0 Å². The van der Waals surface area contributed by atoms with Crippen LogP contribution in [0.5, 0.6) is 0 Å². The molecule has 0 unspecified atom stereocenters. The third-order valence-electron chi connectivity index (χ3n) is 5.32. The van der Waals surface area contributed by atoms with Gasteiger partial charge in [0.25, 0.3) is 5.89 Å². The first-order valence-corrected chi connectivity index (χ1v) is 9.45. The van der Waals surface area contributed by atoms with Gasteiger partial charge >= 0.3 is 0 Å². The highest BCUT2D eigenvalue weighted by atomic mass is 16.5.